The second kappa shape index (κ2) is 6.62. The summed E-state index contributed by atoms with van der Waals surface area (Å²) >= 11 is 11.9. The molecule has 1 aliphatic rings. The molecule has 1 fully saturated rings. The van der Waals surface area contributed by atoms with Gasteiger partial charge >= 0.3 is 5.97 Å². The van der Waals surface area contributed by atoms with E-state index in [9.17, 15) is 4.79 Å². The van der Waals surface area contributed by atoms with E-state index >= 15 is 0 Å². The van der Waals surface area contributed by atoms with Crippen LogP contribution in [-0.2, 0) is 11.3 Å². The lowest BCUT2D eigenvalue weighted by Crippen LogP contribution is -2.35. The number of halogens is 3. The molecule has 1 heterocycles. The Balaban J connectivity index is 0.00000162. The van der Waals surface area contributed by atoms with Crippen molar-refractivity contribution in [3.05, 3.63) is 33.8 Å². The summed E-state index contributed by atoms with van der Waals surface area (Å²) in [4.78, 5) is 13.0. The maximum atomic E-state index is 11.0. The fourth-order valence-corrected chi connectivity index (χ4v) is 2.63. The van der Waals surface area contributed by atoms with Crippen molar-refractivity contribution in [3.63, 3.8) is 0 Å². The zero-order valence-electron chi connectivity index (χ0n) is 9.60. The van der Waals surface area contributed by atoms with E-state index in [0.29, 0.717) is 23.0 Å². The van der Waals surface area contributed by atoms with Gasteiger partial charge in [-0.25, -0.2) is 0 Å². The Labute approximate surface area is 122 Å². The molecule has 0 radical (unpaired) electrons. The first-order chi connectivity index (χ1) is 8.08. The fourth-order valence-electron chi connectivity index (χ4n) is 2.16. The van der Waals surface area contributed by atoms with Crippen molar-refractivity contribution in [2.75, 3.05) is 6.54 Å². The molecule has 0 aromatic heterocycles. The van der Waals surface area contributed by atoms with Crippen LogP contribution in [0.2, 0.25) is 10.0 Å². The predicted molar refractivity (Wildman–Crippen MR) is 74.8 cm³/mol. The molecule has 1 aromatic carbocycles. The van der Waals surface area contributed by atoms with Crippen LogP contribution in [0.5, 0.6) is 0 Å². The molecule has 0 amide bonds. The average Bonchev–Trinajstić information content (AvgIpc) is 2.70. The van der Waals surface area contributed by atoms with Gasteiger partial charge in [-0.3, -0.25) is 9.69 Å². The standard InChI is InChI=1S/C12H13Cl2NO2.ClH/c13-9-4-3-8(10(14)6-9)7-15-5-1-2-11(15)12(16)17;/h3-4,6,11H,1-2,5,7H2,(H,16,17);1H. The molecule has 1 aliphatic heterocycles. The minimum Gasteiger partial charge on any atom is -0.480 e. The lowest BCUT2D eigenvalue weighted by Gasteiger charge is -2.21. The Hall–Kier alpha value is -0.480. The number of likely N-dealkylation sites (tertiary alicyclic amines) is 1. The second-order valence-electron chi connectivity index (χ2n) is 4.20. The number of nitrogens with zero attached hydrogens (tertiary/aromatic N) is 1. The molecular weight excluding hydrogens is 296 g/mol. The highest BCUT2D eigenvalue weighted by atomic mass is 35.5. The molecule has 18 heavy (non-hydrogen) atoms. The van der Waals surface area contributed by atoms with E-state index in [4.69, 9.17) is 28.3 Å². The summed E-state index contributed by atoms with van der Waals surface area (Å²) < 4.78 is 0. The molecule has 3 nitrogen and oxygen atoms in total. The molecule has 1 atom stereocenters. The summed E-state index contributed by atoms with van der Waals surface area (Å²) in [6.45, 7) is 1.36. The van der Waals surface area contributed by atoms with E-state index in [0.717, 1.165) is 18.5 Å². The molecule has 0 spiro atoms. The Morgan fingerprint density at radius 2 is 2.17 bits per heavy atom. The lowest BCUT2D eigenvalue weighted by atomic mass is 10.2. The van der Waals surface area contributed by atoms with Gasteiger partial charge in [0.25, 0.3) is 0 Å². The maximum absolute atomic E-state index is 11.0. The molecule has 1 unspecified atom stereocenters. The van der Waals surface area contributed by atoms with Gasteiger partial charge < -0.3 is 5.11 Å². The van der Waals surface area contributed by atoms with Crippen molar-refractivity contribution in [2.45, 2.75) is 25.4 Å². The molecule has 0 saturated carbocycles. The minimum atomic E-state index is -0.757. The number of rotatable bonds is 3. The van der Waals surface area contributed by atoms with Gasteiger partial charge in [-0.15, -0.1) is 12.4 Å². The highest BCUT2D eigenvalue weighted by molar-refractivity contribution is 6.35. The Morgan fingerprint density at radius 3 is 2.78 bits per heavy atom. The van der Waals surface area contributed by atoms with Crippen molar-refractivity contribution in [1.29, 1.82) is 0 Å². The van der Waals surface area contributed by atoms with Crippen molar-refractivity contribution < 1.29 is 9.90 Å². The highest BCUT2D eigenvalue weighted by Crippen LogP contribution is 2.26. The first-order valence-electron chi connectivity index (χ1n) is 5.48. The summed E-state index contributed by atoms with van der Waals surface area (Å²) in [5, 5.41) is 10.3. The zero-order valence-corrected chi connectivity index (χ0v) is 11.9. The predicted octanol–water partition coefficient (Wildman–Crippen LogP) is 3.46. The third-order valence-electron chi connectivity index (χ3n) is 3.04. The topological polar surface area (TPSA) is 40.5 Å². The van der Waals surface area contributed by atoms with E-state index < -0.39 is 5.97 Å². The molecule has 1 aromatic rings. The normalized spacial score (nSPS) is 19.6. The summed E-state index contributed by atoms with van der Waals surface area (Å²) in [5.41, 5.74) is 0.921. The number of aliphatic carboxylic acids is 1. The van der Waals surface area contributed by atoms with E-state index in [-0.39, 0.29) is 18.4 Å². The van der Waals surface area contributed by atoms with Crippen LogP contribution in [0.3, 0.4) is 0 Å². The zero-order chi connectivity index (χ0) is 12.4. The van der Waals surface area contributed by atoms with Gasteiger partial charge in [-0.05, 0) is 37.1 Å². The van der Waals surface area contributed by atoms with E-state index in [1.165, 1.54) is 0 Å². The SMILES string of the molecule is Cl.O=C(O)C1CCCN1Cc1ccc(Cl)cc1Cl. The summed E-state index contributed by atoms with van der Waals surface area (Å²) in [6.07, 6.45) is 1.63. The first kappa shape index (κ1) is 15.6. The third kappa shape index (κ3) is 3.51. The van der Waals surface area contributed by atoms with Crippen LogP contribution < -0.4 is 0 Å². The van der Waals surface area contributed by atoms with Crippen LogP contribution in [0.25, 0.3) is 0 Å². The van der Waals surface area contributed by atoms with Crippen molar-refractivity contribution in [1.82, 2.24) is 4.90 Å². The molecule has 1 N–H and O–H groups in total. The molecule has 100 valence electrons. The number of benzene rings is 1. The van der Waals surface area contributed by atoms with Gasteiger partial charge in [-0.2, -0.15) is 0 Å². The molecule has 0 bridgehead atoms. The van der Waals surface area contributed by atoms with Gasteiger partial charge in [-0.1, -0.05) is 29.3 Å². The Kier molecular flexibility index (Phi) is 5.73. The van der Waals surface area contributed by atoms with E-state index in [2.05, 4.69) is 0 Å². The number of carboxylic acids is 1. The van der Waals surface area contributed by atoms with Crippen LogP contribution in [0.15, 0.2) is 18.2 Å². The van der Waals surface area contributed by atoms with Gasteiger partial charge in [0, 0.05) is 16.6 Å². The monoisotopic (exact) mass is 309 g/mol. The van der Waals surface area contributed by atoms with E-state index in [1.807, 2.05) is 11.0 Å². The molecule has 0 aliphatic carbocycles. The smallest absolute Gasteiger partial charge is 0.320 e. The van der Waals surface area contributed by atoms with Crippen molar-refractivity contribution >= 4 is 41.6 Å². The van der Waals surface area contributed by atoms with Gasteiger partial charge in [0.15, 0.2) is 0 Å². The molecule has 1 saturated heterocycles. The van der Waals surface area contributed by atoms with Gasteiger partial charge in [0.1, 0.15) is 6.04 Å². The molecular formula is C12H14Cl3NO2. The Bertz CT molecular complexity index is 439. The summed E-state index contributed by atoms with van der Waals surface area (Å²) in [5.74, 6) is -0.757. The summed E-state index contributed by atoms with van der Waals surface area (Å²) in [6, 6.07) is 4.92. The van der Waals surface area contributed by atoms with Crippen LogP contribution in [-0.4, -0.2) is 28.6 Å². The second-order valence-corrected chi connectivity index (χ2v) is 5.05. The van der Waals surface area contributed by atoms with Crippen LogP contribution in [0.4, 0.5) is 0 Å². The van der Waals surface area contributed by atoms with E-state index in [1.54, 1.807) is 12.1 Å². The van der Waals surface area contributed by atoms with Crippen molar-refractivity contribution in [2.24, 2.45) is 0 Å². The minimum absolute atomic E-state index is 0. The largest absolute Gasteiger partial charge is 0.480 e. The fraction of sp³-hybridized carbons (Fsp3) is 0.417. The Morgan fingerprint density at radius 1 is 1.44 bits per heavy atom. The van der Waals surface area contributed by atoms with Crippen LogP contribution >= 0.6 is 35.6 Å². The quantitative estimate of drug-likeness (QED) is 0.929. The number of carbonyl (C=O) groups is 1. The highest BCUT2D eigenvalue weighted by Gasteiger charge is 2.30. The first-order valence-corrected chi connectivity index (χ1v) is 6.24. The number of hydrogen-bond acceptors (Lipinski definition) is 2. The number of carboxylic acid groups (broad SMARTS) is 1. The average molecular weight is 311 g/mol. The van der Waals surface area contributed by atoms with Crippen LogP contribution in [0.1, 0.15) is 18.4 Å². The van der Waals surface area contributed by atoms with Gasteiger partial charge in [0.05, 0.1) is 0 Å². The van der Waals surface area contributed by atoms with Crippen LogP contribution in [0, 0.1) is 0 Å². The molecule has 6 heteroatoms. The lowest BCUT2D eigenvalue weighted by molar-refractivity contribution is -0.142. The number of hydrogen-bond donors (Lipinski definition) is 1. The maximum Gasteiger partial charge on any atom is 0.320 e. The summed E-state index contributed by atoms with van der Waals surface area (Å²) in [7, 11) is 0. The van der Waals surface area contributed by atoms with Crippen molar-refractivity contribution in [3.8, 4) is 0 Å². The van der Waals surface area contributed by atoms with Gasteiger partial charge in [0.2, 0.25) is 0 Å². The molecule has 2 rings (SSSR count). The third-order valence-corrected chi connectivity index (χ3v) is 3.62.